The Labute approximate surface area is 112 Å². The summed E-state index contributed by atoms with van der Waals surface area (Å²) in [6.07, 6.45) is 0.204. The molecule has 1 unspecified atom stereocenters. The second kappa shape index (κ2) is 6.96. The first-order chi connectivity index (χ1) is 8.93. The second-order valence-electron chi connectivity index (χ2n) is 4.43. The maximum absolute atomic E-state index is 11.7. The van der Waals surface area contributed by atoms with Crippen molar-refractivity contribution in [2.45, 2.75) is 25.5 Å². The van der Waals surface area contributed by atoms with Gasteiger partial charge in [0.2, 0.25) is 5.91 Å². The van der Waals surface area contributed by atoms with E-state index in [2.05, 4.69) is 5.32 Å². The highest BCUT2D eigenvalue weighted by Crippen LogP contribution is 2.25. The van der Waals surface area contributed by atoms with Crippen molar-refractivity contribution in [3.63, 3.8) is 0 Å². The third-order valence-electron chi connectivity index (χ3n) is 2.80. The Hall–Kier alpha value is -1.79. The van der Waals surface area contributed by atoms with Crippen molar-refractivity contribution in [1.82, 2.24) is 5.32 Å². The number of nitrogens with one attached hydrogen (secondary N) is 1. The first-order valence-corrected chi connectivity index (χ1v) is 6.01. The molecule has 6 nitrogen and oxygen atoms in total. The van der Waals surface area contributed by atoms with Gasteiger partial charge in [-0.3, -0.25) is 4.79 Å². The van der Waals surface area contributed by atoms with Gasteiger partial charge in [-0.05, 0) is 31.0 Å². The van der Waals surface area contributed by atoms with Crippen molar-refractivity contribution < 1.29 is 19.7 Å². The fraction of sp³-hybridized carbons (Fsp3) is 0.462. The molecule has 0 aliphatic rings. The number of aromatic hydroxyl groups is 2. The van der Waals surface area contributed by atoms with Gasteiger partial charge in [0, 0.05) is 13.7 Å². The van der Waals surface area contributed by atoms with Crippen molar-refractivity contribution in [3.8, 4) is 11.5 Å². The SMILES string of the molecule is COC(C)CNC(=O)[C@@H](N)Cc1ccc(O)c(O)c1. The predicted molar refractivity (Wildman–Crippen MR) is 70.9 cm³/mol. The molecule has 0 saturated carbocycles. The summed E-state index contributed by atoms with van der Waals surface area (Å²) in [4.78, 5) is 11.7. The van der Waals surface area contributed by atoms with Gasteiger partial charge in [-0.2, -0.15) is 0 Å². The van der Waals surface area contributed by atoms with Crippen LogP contribution in [0, 0.1) is 0 Å². The normalized spacial score (nSPS) is 13.8. The molecule has 1 amide bonds. The number of phenols is 2. The van der Waals surface area contributed by atoms with Crippen LogP contribution in [0.25, 0.3) is 0 Å². The molecule has 1 rings (SSSR count). The molecular formula is C13H20N2O4. The fourth-order valence-electron chi connectivity index (χ4n) is 1.50. The first-order valence-electron chi connectivity index (χ1n) is 6.01. The van der Waals surface area contributed by atoms with Gasteiger partial charge in [-0.1, -0.05) is 6.07 Å². The smallest absolute Gasteiger partial charge is 0.237 e. The fourth-order valence-corrected chi connectivity index (χ4v) is 1.50. The number of methoxy groups -OCH3 is 1. The van der Waals surface area contributed by atoms with E-state index in [0.717, 1.165) is 0 Å². The van der Waals surface area contributed by atoms with Crippen LogP contribution in [0.3, 0.4) is 0 Å². The van der Waals surface area contributed by atoms with E-state index >= 15 is 0 Å². The van der Waals surface area contributed by atoms with E-state index in [1.165, 1.54) is 12.1 Å². The molecule has 0 radical (unpaired) electrons. The van der Waals surface area contributed by atoms with Crippen LogP contribution in [0.4, 0.5) is 0 Å². The summed E-state index contributed by atoms with van der Waals surface area (Å²) in [5, 5.41) is 21.2. The van der Waals surface area contributed by atoms with Gasteiger partial charge in [0.15, 0.2) is 11.5 Å². The highest BCUT2D eigenvalue weighted by molar-refractivity contribution is 5.81. The van der Waals surface area contributed by atoms with Gasteiger partial charge in [0.05, 0.1) is 12.1 Å². The molecule has 0 saturated heterocycles. The lowest BCUT2D eigenvalue weighted by Crippen LogP contribution is -2.44. The van der Waals surface area contributed by atoms with Crippen LogP contribution in [-0.2, 0) is 16.0 Å². The van der Waals surface area contributed by atoms with Crippen molar-refractivity contribution >= 4 is 5.91 Å². The van der Waals surface area contributed by atoms with Gasteiger partial charge in [-0.15, -0.1) is 0 Å². The first kappa shape index (κ1) is 15.3. The molecule has 19 heavy (non-hydrogen) atoms. The molecule has 1 aromatic carbocycles. The highest BCUT2D eigenvalue weighted by atomic mass is 16.5. The van der Waals surface area contributed by atoms with Crippen molar-refractivity contribution in [1.29, 1.82) is 0 Å². The maximum atomic E-state index is 11.7. The zero-order valence-corrected chi connectivity index (χ0v) is 11.1. The van der Waals surface area contributed by atoms with Crippen molar-refractivity contribution in [3.05, 3.63) is 23.8 Å². The third kappa shape index (κ3) is 4.76. The number of carbonyl (C=O) groups is 1. The summed E-state index contributed by atoms with van der Waals surface area (Å²) in [7, 11) is 1.57. The number of carbonyl (C=O) groups excluding carboxylic acids is 1. The van der Waals surface area contributed by atoms with E-state index < -0.39 is 6.04 Å². The van der Waals surface area contributed by atoms with E-state index in [4.69, 9.17) is 10.5 Å². The van der Waals surface area contributed by atoms with Crippen LogP contribution >= 0.6 is 0 Å². The zero-order valence-electron chi connectivity index (χ0n) is 11.1. The average Bonchev–Trinajstić information content (AvgIpc) is 2.39. The molecule has 0 spiro atoms. The highest BCUT2D eigenvalue weighted by Gasteiger charge is 2.15. The third-order valence-corrected chi connectivity index (χ3v) is 2.80. The van der Waals surface area contributed by atoms with Gasteiger partial charge in [0.25, 0.3) is 0 Å². The van der Waals surface area contributed by atoms with Gasteiger partial charge >= 0.3 is 0 Å². The Morgan fingerprint density at radius 1 is 1.42 bits per heavy atom. The molecule has 0 heterocycles. The summed E-state index contributed by atoms with van der Waals surface area (Å²) in [5.74, 6) is -0.703. The van der Waals surface area contributed by atoms with E-state index in [0.29, 0.717) is 12.1 Å². The molecule has 5 N–H and O–H groups in total. The topological polar surface area (TPSA) is 105 Å². The minimum atomic E-state index is -0.715. The molecule has 0 fully saturated rings. The van der Waals surface area contributed by atoms with Gasteiger partial charge in [0.1, 0.15) is 0 Å². The van der Waals surface area contributed by atoms with E-state index in [9.17, 15) is 15.0 Å². The molecule has 0 aliphatic heterocycles. The molecule has 2 atom stereocenters. The molecule has 0 aromatic heterocycles. The number of benzene rings is 1. The van der Waals surface area contributed by atoms with Crippen LogP contribution in [0.5, 0.6) is 11.5 Å². The van der Waals surface area contributed by atoms with Crippen molar-refractivity contribution in [2.75, 3.05) is 13.7 Å². The summed E-state index contributed by atoms with van der Waals surface area (Å²) < 4.78 is 5.01. The van der Waals surface area contributed by atoms with Crippen molar-refractivity contribution in [2.24, 2.45) is 5.73 Å². The molecule has 106 valence electrons. The van der Waals surface area contributed by atoms with E-state index in [-0.39, 0.29) is 29.9 Å². The number of hydrogen-bond donors (Lipinski definition) is 4. The Morgan fingerprint density at radius 2 is 2.11 bits per heavy atom. The minimum Gasteiger partial charge on any atom is -0.504 e. The Morgan fingerprint density at radius 3 is 2.68 bits per heavy atom. The summed E-state index contributed by atoms with van der Waals surface area (Å²) in [5.41, 5.74) is 6.45. The molecule has 0 bridgehead atoms. The Bertz CT molecular complexity index is 437. The average molecular weight is 268 g/mol. The number of ether oxygens (including phenoxy) is 1. The monoisotopic (exact) mass is 268 g/mol. The van der Waals surface area contributed by atoms with E-state index in [1.54, 1.807) is 13.2 Å². The Balaban J connectivity index is 2.51. The summed E-state index contributed by atoms with van der Waals surface area (Å²) in [6, 6.07) is 3.65. The molecule has 1 aromatic rings. The van der Waals surface area contributed by atoms with Gasteiger partial charge < -0.3 is 26.0 Å². The predicted octanol–water partition coefficient (Wildman–Crippen LogP) is 0.119. The summed E-state index contributed by atoms with van der Waals surface area (Å²) in [6.45, 7) is 2.23. The van der Waals surface area contributed by atoms with Gasteiger partial charge in [-0.25, -0.2) is 0 Å². The quantitative estimate of drug-likeness (QED) is 0.548. The molecule has 0 aliphatic carbocycles. The van der Waals surface area contributed by atoms with Crippen LogP contribution in [0.2, 0.25) is 0 Å². The standard InChI is InChI=1S/C13H20N2O4/c1-8(19-2)7-15-13(18)10(14)5-9-3-4-11(16)12(17)6-9/h3-4,6,8,10,16-17H,5,7,14H2,1-2H3,(H,15,18)/t8?,10-/m0/s1. The zero-order chi connectivity index (χ0) is 14.4. The van der Waals surface area contributed by atoms with Crippen LogP contribution in [0.1, 0.15) is 12.5 Å². The number of rotatable bonds is 6. The number of nitrogens with two attached hydrogens (primary N) is 1. The lowest BCUT2D eigenvalue weighted by atomic mass is 10.1. The number of phenolic OH excluding ortho intramolecular Hbond substituents is 2. The minimum absolute atomic E-state index is 0.0751. The van der Waals surface area contributed by atoms with Crippen LogP contribution < -0.4 is 11.1 Å². The molecular weight excluding hydrogens is 248 g/mol. The Kier molecular flexibility index (Phi) is 5.59. The summed E-state index contributed by atoms with van der Waals surface area (Å²) >= 11 is 0. The maximum Gasteiger partial charge on any atom is 0.237 e. The second-order valence-corrected chi connectivity index (χ2v) is 4.43. The largest absolute Gasteiger partial charge is 0.504 e. The molecule has 6 heteroatoms. The van der Waals surface area contributed by atoms with Crippen LogP contribution in [-0.4, -0.2) is 41.9 Å². The number of hydrogen-bond acceptors (Lipinski definition) is 5. The lowest BCUT2D eigenvalue weighted by molar-refractivity contribution is -0.122. The number of amides is 1. The lowest BCUT2D eigenvalue weighted by Gasteiger charge is -2.15. The van der Waals surface area contributed by atoms with Crippen LogP contribution in [0.15, 0.2) is 18.2 Å². The van der Waals surface area contributed by atoms with E-state index in [1.807, 2.05) is 6.92 Å².